The Bertz CT molecular complexity index is 1890. The summed E-state index contributed by atoms with van der Waals surface area (Å²) >= 11 is 0. The summed E-state index contributed by atoms with van der Waals surface area (Å²) < 4.78 is 14.4. The van der Waals surface area contributed by atoms with Gasteiger partial charge in [-0.1, -0.05) is 72.8 Å². The molecule has 2 aliphatic heterocycles. The molecule has 1 amide bonds. The van der Waals surface area contributed by atoms with Gasteiger partial charge in [0.1, 0.15) is 18.9 Å². The van der Waals surface area contributed by atoms with Crippen LogP contribution in [-0.4, -0.2) is 92.8 Å². The molecule has 1 atom stereocenters. The number of para-hydroxylation sites is 1. The van der Waals surface area contributed by atoms with Crippen molar-refractivity contribution in [3.63, 3.8) is 0 Å². The van der Waals surface area contributed by atoms with Gasteiger partial charge in [0.2, 0.25) is 11.8 Å². The molecular formula is C39H44N6O5. The van der Waals surface area contributed by atoms with E-state index in [2.05, 4.69) is 28.0 Å². The Balaban J connectivity index is 1.10. The van der Waals surface area contributed by atoms with Gasteiger partial charge >= 0.3 is 6.09 Å². The first-order chi connectivity index (χ1) is 24.5. The smallest absolute Gasteiger partial charge is 0.407 e. The zero-order valence-electron chi connectivity index (χ0n) is 28.4. The van der Waals surface area contributed by atoms with Gasteiger partial charge in [-0.2, -0.15) is 10.1 Å². The van der Waals surface area contributed by atoms with Crippen LogP contribution in [0.5, 0.6) is 11.8 Å². The minimum absolute atomic E-state index is 0.0363. The molecule has 2 N–H and O–H groups in total. The fourth-order valence-corrected chi connectivity index (χ4v) is 7.19. The molecule has 2 saturated heterocycles. The average molecular weight is 677 g/mol. The molecule has 0 bridgehead atoms. The number of hydrogen-bond acceptors (Lipinski definition) is 8. The third-order valence-electron chi connectivity index (χ3n) is 9.92. The predicted molar refractivity (Wildman–Crippen MR) is 192 cm³/mol. The van der Waals surface area contributed by atoms with Gasteiger partial charge in [0.05, 0.1) is 29.4 Å². The number of rotatable bonds is 11. The summed E-state index contributed by atoms with van der Waals surface area (Å²) in [6, 6.07) is 30.2. The lowest BCUT2D eigenvalue weighted by molar-refractivity contribution is 0.0303. The maximum absolute atomic E-state index is 11.5. The van der Waals surface area contributed by atoms with Crippen molar-refractivity contribution in [1.82, 2.24) is 24.6 Å². The van der Waals surface area contributed by atoms with Gasteiger partial charge in [0, 0.05) is 57.8 Å². The lowest BCUT2D eigenvalue weighted by Crippen LogP contribution is -2.57. The molecular weight excluding hydrogens is 632 g/mol. The van der Waals surface area contributed by atoms with Crippen molar-refractivity contribution >= 4 is 22.7 Å². The fraction of sp³-hybridized carbons (Fsp3) is 0.359. The van der Waals surface area contributed by atoms with E-state index in [9.17, 15) is 15.0 Å². The van der Waals surface area contributed by atoms with E-state index in [1.807, 2.05) is 84.5 Å². The van der Waals surface area contributed by atoms with Crippen molar-refractivity contribution in [2.75, 3.05) is 50.8 Å². The number of piperazine rings is 1. The minimum Gasteiger partial charge on any atom is -0.473 e. The molecule has 2 aliphatic rings. The van der Waals surface area contributed by atoms with E-state index in [0.717, 1.165) is 71.5 Å². The Labute approximate surface area is 292 Å². The molecule has 2 fully saturated rings. The highest BCUT2D eigenvalue weighted by Crippen LogP contribution is 2.39. The van der Waals surface area contributed by atoms with Gasteiger partial charge in [0.15, 0.2) is 0 Å². The number of aliphatic hydroxyl groups is 1. The number of amides is 1. The highest BCUT2D eigenvalue weighted by molar-refractivity contribution is 6.01. The van der Waals surface area contributed by atoms with Crippen molar-refractivity contribution in [2.24, 2.45) is 13.0 Å². The third-order valence-corrected chi connectivity index (χ3v) is 9.92. The van der Waals surface area contributed by atoms with Crippen LogP contribution in [0, 0.1) is 5.92 Å². The molecule has 0 unspecified atom stereocenters. The van der Waals surface area contributed by atoms with E-state index in [1.54, 1.807) is 0 Å². The number of piperidine rings is 1. The monoisotopic (exact) mass is 676 g/mol. The van der Waals surface area contributed by atoms with Crippen molar-refractivity contribution in [1.29, 1.82) is 0 Å². The average Bonchev–Trinajstić information content (AvgIpc) is 3.50. The number of aromatic nitrogens is 3. The zero-order valence-corrected chi connectivity index (χ0v) is 28.4. The standard InChI is InChI=1S/C39H44N6O5/c1-42-37-32(13-8-14-34(37)43-19-17-28(18-20-43)23-44-21-22-45(39(47)48)24-31(44)25-46)36(41-42)33-15-16-35(49-26-29-9-4-2-5-10-29)40-38(33)50-27-30-11-6-3-7-12-30/h2-16,28,31,46H,17-27H2,1H3,(H,47,48)/t31-/m0/s1. The highest BCUT2D eigenvalue weighted by atomic mass is 16.5. The van der Waals surface area contributed by atoms with Crippen LogP contribution in [0.2, 0.25) is 0 Å². The van der Waals surface area contributed by atoms with Crippen LogP contribution in [0.15, 0.2) is 91.0 Å². The number of hydrogen-bond donors (Lipinski definition) is 2. The maximum atomic E-state index is 11.5. The van der Waals surface area contributed by atoms with Gasteiger partial charge in [-0.25, -0.2) is 4.79 Å². The number of carbonyl (C=O) groups is 1. The molecule has 11 heteroatoms. The summed E-state index contributed by atoms with van der Waals surface area (Å²) in [5.41, 5.74) is 5.92. The van der Waals surface area contributed by atoms with Crippen LogP contribution in [0.4, 0.5) is 10.5 Å². The number of nitrogens with zero attached hydrogens (tertiary/aromatic N) is 6. The maximum Gasteiger partial charge on any atom is 0.407 e. The first kappa shape index (κ1) is 33.4. The van der Waals surface area contributed by atoms with E-state index in [0.29, 0.717) is 50.5 Å². The predicted octanol–water partition coefficient (Wildman–Crippen LogP) is 5.67. The Morgan fingerprint density at radius 1 is 0.840 bits per heavy atom. The fourth-order valence-electron chi connectivity index (χ4n) is 7.19. The lowest BCUT2D eigenvalue weighted by Gasteiger charge is -2.42. The summed E-state index contributed by atoms with van der Waals surface area (Å²) in [7, 11) is 1.99. The third kappa shape index (κ3) is 7.39. The molecule has 50 heavy (non-hydrogen) atoms. The van der Waals surface area contributed by atoms with Crippen LogP contribution in [-0.2, 0) is 20.3 Å². The number of fused-ring (bicyclic) bond motifs is 1. The van der Waals surface area contributed by atoms with Crippen LogP contribution in [0.1, 0.15) is 24.0 Å². The van der Waals surface area contributed by atoms with Crippen LogP contribution >= 0.6 is 0 Å². The number of benzene rings is 3. The van der Waals surface area contributed by atoms with Gasteiger partial charge < -0.3 is 29.5 Å². The minimum atomic E-state index is -0.916. The Kier molecular flexibility index (Phi) is 10.1. The summed E-state index contributed by atoms with van der Waals surface area (Å²) in [6.45, 7) is 4.90. The van der Waals surface area contributed by atoms with Gasteiger partial charge in [0.25, 0.3) is 0 Å². The normalized spacial score (nSPS) is 17.3. The van der Waals surface area contributed by atoms with E-state index in [1.165, 1.54) is 4.90 Å². The van der Waals surface area contributed by atoms with E-state index < -0.39 is 6.09 Å². The highest BCUT2D eigenvalue weighted by Gasteiger charge is 2.32. The number of pyridine rings is 1. The second kappa shape index (κ2) is 15.2. The zero-order chi connectivity index (χ0) is 34.5. The molecule has 0 saturated carbocycles. The lowest BCUT2D eigenvalue weighted by atomic mass is 9.94. The van der Waals surface area contributed by atoms with Crippen molar-refractivity contribution < 1.29 is 24.5 Å². The Hall–Kier alpha value is -5.13. The first-order valence-electron chi connectivity index (χ1n) is 17.3. The van der Waals surface area contributed by atoms with Crippen LogP contribution in [0.3, 0.4) is 0 Å². The SMILES string of the molecule is Cn1nc(-c2ccc(OCc3ccccc3)nc2OCc2ccccc2)c2cccc(N3CCC(CN4CCN(C(=O)O)C[C@H]4CO)CC3)c21. The summed E-state index contributed by atoms with van der Waals surface area (Å²) in [6.07, 6.45) is 1.12. The Morgan fingerprint density at radius 2 is 1.54 bits per heavy atom. The molecule has 5 aromatic rings. The van der Waals surface area contributed by atoms with Crippen LogP contribution < -0.4 is 14.4 Å². The van der Waals surface area contributed by atoms with Crippen molar-refractivity contribution in [3.05, 3.63) is 102 Å². The quantitative estimate of drug-likeness (QED) is 0.183. The van der Waals surface area contributed by atoms with Gasteiger partial charge in [-0.3, -0.25) is 9.58 Å². The van der Waals surface area contributed by atoms with E-state index in [4.69, 9.17) is 19.6 Å². The topological polar surface area (TPSA) is 116 Å². The first-order valence-corrected chi connectivity index (χ1v) is 17.3. The summed E-state index contributed by atoms with van der Waals surface area (Å²) in [5, 5.41) is 25.4. The second-order valence-electron chi connectivity index (χ2n) is 13.2. The van der Waals surface area contributed by atoms with Crippen molar-refractivity contribution in [2.45, 2.75) is 32.1 Å². The van der Waals surface area contributed by atoms with Crippen LogP contribution in [0.25, 0.3) is 22.2 Å². The molecule has 2 aromatic heterocycles. The van der Waals surface area contributed by atoms with Crippen molar-refractivity contribution in [3.8, 4) is 23.0 Å². The molecule has 0 radical (unpaired) electrons. The summed E-state index contributed by atoms with van der Waals surface area (Å²) in [4.78, 5) is 22.4. The van der Waals surface area contributed by atoms with E-state index in [-0.39, 0.29) is 12.6 Å². The molecule has 0 spiro atoms. The largest absolute Gasteiger partial charge is 0.473 e. The van der Waals surface area contributed by atoms with E-state index >= 15 is 0 Å². The van der Waals surface area contributed by atoms with Gasteiger partial charge in [-0.15, -0.1) is 0 Å². The molecule has 4 heterocycles. The molecule has 7 rings (SSSR count). The molecule has 3 aromatic carbocycles. The number of ether oxygens (including phenoxy) is 2. The summed E-state index contributed by atoms with van der Waals surface area (Å²) in [5.74, 6) is 1.44. The number of carboxylic acid groups (broad SMARTS) is 1. The molecule has 260 valence electrons. The second-order valence-corrected chi connectivity index (χ2v) is 13.2. The Morgan fingerprint density at radius 3 is 2.22 bits per heavy atom. The number of anilines is 1. The number of aryl methyl sites for hydroxylation is 1. The molecule has 0 aliphatic carbocycles. The van der Waals surface area contributed by atoms with Gasteiger partial charge in [-0.05, 0) is 42.0 Å². The molecule has 11 nitrogen and oxygen atoms in total. The number of aliphatic hydroxyl groups excluding tert-OH is 1.